The number of hydrogen-bond donors (Lipinski definition) is 0. The summed E-state index contributed by atoms with van der Waals surface area (Å²) < 4.78 is 22.8. The van der Waals surface area contributed by atoms with E-state index >= 15 is 0 Å². The number of rotatable bonds is 8. The molecule has 0 saturated heterocycles. The highest BCUT2D eigenvalue weighted by Crippen LogP contribution is 2.46. The zero-order valence-corrected chi connectivity index (χ0v) is 29.2. The number of pyridine rings is 1. The van der Waals surface area contributed by atoms with Crippen LogP contribution in [0.4, 0.5) is 0 Å². The van der Waals surface area contributed by atoms with Crippen LogP contribution in [0.1, 0.15) is 88.3 Å². The summed E-state index contributed by atoms with van der Waals surface area (Å²) in [6, 6.07) is 15.3. The minimum atomic E-state index is -0.970. The summed E-state index contributed by atoms with van der Waals surface area (Å²) in [5.74, 6) is 1.08. The fraction of sp³-hybridized carbons (Fsp3) is 0.375. The van der Waals surface area contributed by atoms with Gasteiger partial charge in [-0.05, 0) is 116 Å². The Labute approximate surface area is 277 Å². The van der Waals surface area contributed by atoms with Crippen LogP contribution in [0.2, 0.25) is 0 Å². The minimum absolute atomic E-state index is 0.0665. The quantitative estimate of drug-likeness (QED) is 0.141. The van der Waals surface area contributed by atoms with Crippen molar-refractivity contribution in [2.45, 2.75) is 67.4 Å². The third kappa shape index (κ3) is 6.62. The molecule has 7 nitrogen and oxygen atoms in total. The summed E-state index contributed by atoms with van der Waals surface area (Å²) in [4.78, 5) is 33.0. The summed E-state index contributed by atoms with van der Waals surface area (Å²) in [5, 5.41) is 0.708. The van der Waals surface area contributed by atoms with E-state index in [0.29, 0.717) is 45.7 Å². The number of nitrogens with zero attached hydrogens (tertiary/aromatic N) is 1. The van der Waals surface area contributed by atoms with E-state index in [1.54, 1.807) is 28.3 Å². The van der Waals surface area contributed by atoms with Gasteiger partial charge in [-0.3, -0.25) is 4.79 Å². The number of fused-ring (bicyclic) bond motifs is 2. The Kier molecular flexibility index (Phi) is 9.48. The summed E-state index contributed by atoms with van der Waals surface area (Å²) in [6.45, 7) is 14.2. The normalized spacial score (nSPS) is 16.0. The van der Waals surface area contributed by atoms with Gasteiger partial charge in [0, 0.05) is 10.9 Å². The molecule has 0 aliphatic heterocycles. The van der Waals surface area contributed by atoms with E-state index in [0.717, 1.165) is 45.5 Å². The number of Topliss-reactive ketones (excluding diaryl/α,β-unsaturated/α-hetero) is 1. The second kappa shape index (κ2) is 13.2. The van der Waals surface area contributed by atoms with E-state index in [4.69, 9.17) is 23.9 Å². The van der Waals surface area contributed by atoms with E-state index in [9.17, 15) is 9.59 Å². The van der Waals surface area contributed by atoms with Gasteiger partial charge in [-0.2, -0.15) is 0 Å². The number of carbonyl (C=O) groups excluding carboxylic acids is 2. The van der Waals surface area contributed by atoms with Crippen LogP contribution in [0.3, 0.4) is 0 Å². The number of para-hydroxylation sites is 1. The molecule has 1 aliphatic rings. The molecule has 1 aromatic heterocycles. The van der Waals surface area contributed by atoms with Crippen molar-refractivity contribution in [3.8, 4) is 17.2 Å². The molecular formula is C40H45NO6. The minimum Gasteiger partial charge on any atom is -0.493 e. The fourth-order valence-corrected chi connectivity index (χ4v) is 6.47. The van der Waals surface area contributed by atoms with Crippen molar-refractivity contribution in [3.05, 3.63) is 93.2 Å². The standard InChI is InChI=1S/C40H45NO6/c1-22-15-24(3)30(16-23(22)2)37(42)25(4)47-39(43)35-29-13-11-12-14-32(29)41-36-27(20-28(21-31(35)36)40(5,6)7)17-26-18-33(44-8)38(46-10)34(19-26)45-9/h11-19,25,28H,20-21H2,1-10H3/b27-17+/t25-,28+/m0/s1. The first-order valence-electron chi connectivity index (χ1n) is 16.0. The van der Waals surface area contributed by atoms with Crippen molar-refractivity contribution >= 4 is 34.3 Å². The van der Waals surface area contributed by atoms with Gasteiger partial charge in [0.2, 0.25) is 11.5 Å². The monoisotopic (exact) mass is 635 g/mol. The number of ketones is 1. The average molecular weight is 636 g/mol. The van der Waals surface area contributed by atoms with Gasteiger partial charge >= 0.3 is 5.97 Å². The van der Waals surface area contributed by atoms with E-state index in [1.807, 2.05) is 69.3 Å². The molecule has 0 fully saturated rings. The number of ether oxygens (including phenoxy) is 4. The van der Waals surface area contributed by atoms with Crippen molar-refractivity contribution in [1.82, 2.24) is 4.98 Å². The highest BCUT2D eigenvalue weighted by molar-refractivity contribution is 6.08. The van der Waals surface area contributed by atoms with Gasteiger partial charge in [0.1, 0.15) is 0 Å². The maximum absolute atomic E-state index is 14.3. The molecule has 47 heavy (non-hydrogen) atoms. The molecule has 0 bridgehead atoms. The van der Waals surface area contributed by atoms with E-state index in [-0.39, 0.29) is 17.1 Å². The zero-order valence-electron chi connectivity index (χ0n) is 29.2. The lowest BCUT2D eigenvalue weighted by Crippen LogP contribution is -2.30. The van der Waals surface area contributed by atoms with Gasteiger partial charge in [-0.1, -0.05) is 45.0 Å². The first-order chi connectivity index (χ1) is 22.3. The molecule has 4 aromatic rings. The summed E-state index contributed by atoms with van der Waals surface area (Å²) in [5.41, 5.74) is 8.10. The predicted molar refractivity (Wildman–Crippen MR) is 187 cm³/mol. The van der Waals surface area contributed by atoms with Crippen LogP contribution in [0.15, 0.2) is 48.5 Å². The molecule has 0 unspecified atom stereocenters. The fourth-order valence-electron chi connectivity index (χ4n) is 6.47. The van der Waals surface area contributed by atoms with E-state index in [2.05, 4.69) is 26.8 Å². The van der Waals surface area contributed by atoms with Crippen molar-refractivity contribution < 1.29 is 28.5 Å². The Hall–Kier alpha value is -4.65. The number of benzene rings is 3. The largest absolute Gasteiger partial charge is 0.493 e. The third-order valence-corrected chi connectivity index (χ3v) is 9.43. The molecule has 0 saturated carbocycles. The van der Waals surface area contributed by atoms with Crippen LogP contribution in [-0.2, 0) is 11.2 Å². The Morgan fingerprint density at radius 2 is 1.51 bits per heavy atom. The highest BCUT2D eigenvalue weighted by atomic mass is 16.5. The topological polar surface area (TPSA) is 84.0 Å². The Morgan fingerprint density at radius 1 is 0.872 bits per heavy atom. The summed E-state index contributed by atoms with van der Waals surface area (Å²) >= 11 is 0. The first kappa shape index (κ1) is 33.7. The molecule has 0 amide bonds. The van der Waals surface area contributed by atoms with Gasteiger partial charge in [-0.25, -0.2) is 9.78 Å². The molecule has 0 radical (unpaired) electrons. The van der Waals surface area contributed by atoms with Crippen LogP contribution < -0.4 is 14.2 Å². The molecule has 1 aliphatic carbocycles. The van der Waals surface area contributed by atoms with Gasteiger partial charge in [-0.15, -0.1) is 0 Å². The molecule has 1 heterocycles. The number of allylic oxidation sites excluding steroid dienone is 1. The molecule has 7 heteroatoms. The number of hydrogen-bond acceptors (Lipinski definition) is 7. The van der Waals surface area contributed by atoms with Crippen molar-refractivity contribution in [3.63, 3.8) is 0 Å². The Bertz CT molecular complexity index is 1870. The lowest BCUT2D eigenvalue weighted by molar-refractivity contribution is 0.0318. The SMILES string of the molecule is COc1cc(/C=C2\C[C@@H](C(C)(C)C)Cc3c2nc2ccccc2c3C(=O)O[C@@H](C)C(=O)c2cc(C)c(C)cc2C)cc(OC)c1OC. The second-order valence-corrected chi connectivity index (χ2v) is 13.6. The third-order valence-electron chi connectivity index (χ3n) is 9.43. The summed E-state index contributed by atoms with van der Waals surface area (Å²) in [6.07, 6.45) is 2.52. The maximum Gasteiger partial charge on any atom is 0.339 e. The lowest BCUT2D eigenvalue weighted by Gasteiger charge is -2.37. The average Bonchev–Trinajstić information content (AvgIpc) is 3.03. The molecule has 3 aromatic carbocycles. The van der Waals surface area contributed by atoms with E-state index < -0.39 is 12.1 Å². The number of carbonyl (C=O) groups is 2. The maximum atomic E-state index is 14.3. The van der Waals surface area contributed by atoms with Crippen LogP contribution in [0.5, 0.6) is 17.2 Å². The van der Waals surface area contributed by atoms with Gasteiger partial charge in [0.25, 0.3) is 0 Å². The zero-order chi connectivity index (χ0) is 34.2. The number of methoxy groups -OCH3 is 3. The van der Waals surface area contributed by atoms with E-state index in [1.165, 1.54) is 0 Å². The number of aryl methyl sites for hydroxylation is 3. The molecule has 0 N–H and O–H groups in total. The van der Waals surface area contributed by atoms with Crippen LogP contribution in [0, 0.1) is 32.1 Å². The predicted octanol–water partition coefficient (Wildman–Crippen LogP) is 8.76. The number of esters is 1. The first-order valence-corrected chi connectivity index (χ1v) is 16.0. The van der Waals surface area contributed by atoms with Gasteiger partial charge in [0.15, 0.2) is 17.6 Å². The summed E-state index contributed by atoms with van der Waals surface area (Å²) in [7, 11) is 4.77. The molecule has 0 spiro atoms. The van der Waals surface area contributed by atoms with Crippen molar-refractivity contribution in [1.29, 1.82) is 0 Å². The smallest absolute Gasteiger partial charge is 0.339 e. The molecule has 2 atom stereocenters. The Morgan fingerprint density at radius 3 is 2.13 bits per heavy atom. The van der Waals surface area contributed by atoms with Crippen molar-refractivity contribution in [2.24, 2.45) is 11.3 Å². The molecule has 5 rings (SSSR count). The van der Waals surface area contributed by atoms with Gasteiger partial charge < -0.3 is 18.9 Å². The highest BCUT2D eigenvalue weighted by Gasteiger charge is 2.36. The van der Waals surface area contributed by atoms with Crippen LogP contribution in [-0.4, -0.2) is 44.2 Å². The lowest BCUT2D eigenvalue weighted by atomic mass is 9.69. The second-order valence-electron chi connectivity index (χ2n) is 13.6. The van der Waals surface area contributed by atoms with Crippen LogP contribution in [0.25, 0.3) is 22.6 Å². The molecule has 246 valence electrons. The van der Waals surface area contributed by atoms with Crippen molar-refractivity contribution in [2.75, 3.05) is 21.3 Å². The van der Waals surface area contributed by atoms with Gasteiger partial charge in [0.05, 0.1) is 38.1 Å². The Balaban J connectivity index is 1.65. The molecular weight excluding hydrogens is 590 g/mol. The number of aromatic nitrogens is 1. The van der Waals surface area contributed by atoms with Crippen LogP contribution >= 0.6 is 0 Å².